The Labute approximate surface area is 125 Å². The normalized spacial score (nSPS) is 11.7. The molecule has 0 aliphatic rings. The van der Waals surface area contributed by atoms with Gasteiger partial charge in [-0.2, -0.15) is 0 Å². The minimum atomic E-state index is -3.59. The zero-order chi connectivity index (χ0) is 14.8. The van der Waals surface area contributed by atoms with Gasteiger partial charge in [0.2, 0.25) is 15.9 Å². The number of anilines is 1. The molecule has 0 aromatic carbocycles. The lowest BCUT2D eigenvalue weighted by Gasteiger charge is -2.13. The van der Waals surface area contributed by atoms with E-state index in [2.05, 4.69) is 26.2 Å². The monoisotopic (exact) mass is 369 g/mol. The van der Waals surface area contributed by atoms with Gasteiger partial charge in [0.25, 0.3) is 0 Å². The first-order valence-electron chi connectivity index (χ1n) is 5.16. The van der Waals surface area contributed by atoms with Crippen LogP contribution in [0.4, 0.5) is 5.69 Å². The second-order valence-corrected chi connectivity index (χ2v) is 7.32. The second-order valence-electron chi connectivity index (χ2n) is 3.99. The third kappa shape index (κ3) is 4.13. The molecule has 1 N–H and O–H groups in total. The van der Waals surface area contributed by atoms with Crippen LogP contribution in [0.3, 0.4) is 0 Å². The van der Waals surface area contributed by atoms with Crippen LogP contribution in [-0.2, 0) is 14.8 Å². The van der Waals surface area contributed by atoms with Gasteiger partial charge in [-0.1, -0.05) is 11.6 Å². The topological polar surface area (TPSA) is 79.4 Å². The fourth-order valence-electron chi connectivity index (χ4n) is 1.15. The highest BCUT2D eigenvalue weighted by Crippen LogP contribution is 2.28. The number of hydrogen-bond acceptors (Lipinski definition) is 4. The molecule has 0 fully saturated rings. The average Bonchev–Trinajstić information content (AvgIpc) is 2.29. The maximum atomic E-state index is 11.7. The number of pyridine rings is 1. The van der Waals surface area contributed by atoms with Crippen molar-refractivity contribution in [3.63, 3.8) is 0 Å². The van der Waals surface area contributed by atoms with E-state index >= 15 is 0 Å². The van der Waals surface area contributed by atoms with Crippen molar-refractivity contribution in [1.82, 2.24) is 9.29 Å². The Morgan fingerprint density at radius 1 is 1.53 bits per heavy atom. The summed E-state index contributed by atoms with van der Waals surface area (Å²) in [7, 11) is -0.847. The molecule has 0 saturated carbocycles. The number of hydrogen-bond donors (Lipinski definition) is 1. The van der Waals surface area contributed by atoms with Crippen molar-refractivity contribution in [1.29, 1.82) is 0 Å². The summed E-state index contributed by atoms with van der Waals surface area (Å²) in [6.45, 7) is 1.73. The van der Waals surface area contributed by atoms with Crippen molar-refractivity contribution < 1.29 is 13.2 Å². The fourth-order valence-corrected chi connectivity index (χ4v) is 2.32. The third-order valence-corrected chi connectivity index (χ3v) is 5.59. The van der Waals surface area contributed by atoms with Crippen molar-refractivity contribution >= 4 is 49.1 Å². The molecule has 106 valence electrons. The van der Waals surface area contributed by atoms with Gasteiger partial charge in [-0.05, 0) is 28.4 Å². The van der Waals surface area contributed by atoms with Crippen molar-refractivity contribution in [3.8, 4) is 0 Å². The molecule has 0 bridgehead atoms. The molecule has 0 atom stereocenters. The summed E-state index contributed by atoms with van der Waals surface area (Å²) in [5.74, 6) is -1.26. The first kappa shape index (κ1) is 16.4. The number of amides is 1. The van der Waals surface area contributed by atoms with E-state index in [0.29, 0.717) is 15.7 Å². The van der Waals surface area contributed by atoms with Gasteiger partial charge in [-0.25, -0.2) is 17.7 Å². The number of nitrogens with one attached hydrogen (secondary N) is 1. The Morgan fingerprint density at radius 3 is 2.63 bits per heavy atom. The summed E-state index contributed by atoms with van der Waals surface area (Å²) < 4.78 is 24.7. The van der Waals surface area contributed by atoms with Gasteiger partial charge in [0.1, 0.15) is 10.9 Å². The number of nitrogens with zero attached hydrogens (tertiary/aromatic N) is 2. The molecular weight excluding hydrogens is 358 g/mol. The lowest BCUT2D eigenvalue weighted by Crippen LogP contribution is -2.32. The van der Waals surface area contributed by atoms with Crippen LogP contribution in [0.25, 0.3) is 0 Å². The molecule has 0 aliphatic heterocycles. The van der Waals surface area contributed by atoms with Crippen molar-refractivity contribution in [2.75, 3.05) is 25.2 Å². The Hall–Kier alpha value is -0.700. The summed E-state index contributed by atoms with van der Waals surface area (Å²) in [4.78, 5) is 15.6. The van der Waals surface area contributed by atoms with E-state index in [1.54, 1.807) is 6.92 Å². The quantitative estimate of drug-likeness (QED) is 0.817. The molecule has 1 rings (SSSR count). The summed E-state index contributed by atoms with van der Waals surface area (Å²) in [5.41, 5.74) is 1.09. The third-order valence-electron chi connectivity index (χ3n) is 2.37. The Morgan fingerprint density at radius 2 is 2.11 bits per heavy atom. The summed E-state index contributed by atoms with van der Waals surface area (Å²) in [6.07, 6.45) is 1.38. The summed E-state index contributed by atoms with van der Waals surface area (Å²) in [6, 6.07) is 0. The van der Waals surface area contributed by atoms with Crippen LogP contribution in [0.1, 0.15) is 5.56 Å². The molecule has 1 aromatic rings. The molecular formula is C10H13BrClN3O3S. The average molecular weight is 371 g/mol. The predicted octanol–water partition coefficient (Wildman–Crippen LogP) is 1.64. The molecule has 1 amide bonds. The summed E-state index contributed by atoms with van der Waals surface area (Å²) >= 11 is 9.03. The van der Waals surface area contributed by atoms with Crippen LogP contribution in [0.5, 0.6) is 0 Å². The van der Waals surface area contributed by atoms with E-state index in [1.165, 1.54) is 20.3 Å². The highest BCUT2D eigenvalue weighted by Gasteiger charge is 2.20. The molecule has 0 saturated heterocycles. The standard InChI is InChI=1S/C10H13BrClN3O3S/c1-6-7(4-13-10(12)9(6)11)14-8(16)5-19(17,18)15(2)3/h4H,5H2,1-3H3,(H,14,16). The van der Waals surface area contributed by atoms with Crippen molar-refractivity contribution in [2.24, 2.45) is 0 Å². The highest BCUT2D eigenvalue weighted by atomic mass is 79.9. The molecule has 0 spiro atoms. The predicted molar refractivity (Wildman–Crippen MR) is 77.8 cm³/mol. The van der Waals surface area contributed by atoms with Crippen LogP contribution < -0.4 is 5.32 Å². The first-order chi connectivity index (χ1) is 8.65. The van der Waals surface area contributed by atoms with Gasteiger partial charge >= 0.3 is 0 Å². The van der Waals surface area contributed by atoms with Gasteiger partial charge in [0, 0.05) is 14.1 Å². The van der Waals surface area contributed by atoms with E-state index in [-0.39, 0.29) is 5.15 Å². The first-order valence-corrected chi connectivity index (χ1v) is 7.94. The lowest BCUT2D eigenvalue weighted by molar-refractivity contribution is -0.113. The minimum Gasteiger partial charge on any atom is -0.324 e. The van der Waals surface area contributed by atoms with Gasteiger partial charge in [-0.15, -0.1) is 0 Å². The van der Waals surface area contributed by atoms with Crippen LogP contribution in [0.15, 0.2) is 10.7 Å². The largest absolute Gasteiger partial charge is 0.324 e. The lowest BCUT2D eigenvalue weighted by atomic mass is 10.2. The zero-order valence-corrected chi connectivity index (χ0v) is 13.7. The molecule has 1 aromatic heterocycles. The zero-order valence-electron chi connectivity index (χ0n) is 10.6. The van der Waals surface area contributed by atoms with E-state index in [0.717, 1.165) is 4.31 Å². The Balaban J connectivity index is 2.88. The van der Waals surface area contributed by atoms with Gasteiger partial charge in [-0.3, -0.25) is 4.79 Å². The van der Waals surface area contributed by atoms with E-state index in [9.17, 15) is 13.2 Å². The number of carbonyl (C=O) groups excluding carboxylic acids is 1. The number of halogens is 2. The van der Waals surface area contributed by atoms with Gasteiger partial charge < -0.3 is 5.32 Å². The number of sulfonamides is 1. The maximum absolute atomic E-state index is 11.7. The SMILES string of the molecule is Cc1c(NC(=O)CS(=O)(=O)N(C)C)cnc(Cl)c1Br. The molecule has 19 heavy (non-hydrogen) atoms. The van der Waals surface area contributed by atoms with E-state index in [1.807, 2.05) is 0 Å². The van der Waals surface area contributed by atoms with Crippen LogP contribution >= 0.6 is 27.5 Å². The molecule has 0 aliphatic carbocycles. The van der Waals surface area contributed by atoms with Crippen molar-refractivity contribution in [2.45, 2.75) is 6.92 Å². The smallest absolute Gasteiger partial charge is 0.241 e. The van der Waals surface area contributed by atoms with Crippen molar-refractivity contribution in [3.05, 3.63) is 21.4 Å². The summed E-state index contributed by atoms with van der Waals surface area (Å²) in [5, 5.41) is 2.77. The maximum Gasteiger partial charge on any atom is 0.241 e. The Bertz CT molecular complexity index is 604. The van der Waals surface area contributed by atoms with Crippen LogP contribution in [0, 0.1) is 6.92 Å². The van der Waals surface area contributed by atoms with E-state index in [4.69, 9.17) is 11.6 Å². The fraction of sp³-hybridized carbons (Fsp3) is 0.400. The highest BCUT2D eigenvalue weighted by molar-refractivity contribution is 9.10. The number of aromatic nitrogens is 1. The molecule has 9 heteroatoms. The minimum absolute atomic E-state index is 0.274. The number of carbonyl (C=O) groups is 1. The molecule has 1 heterocycles. The molecule has 6 nitrogen and oxygen atoms in total. The number of rotatable bonds is 4. The second kappa shape index (κ2) is 6.17. The van der Waals surface area contributed by atoms with Gasteiger partial charge in [0.05, 0.1) is 16.4 Å². The van der Waals surface area contributed by atoms with Crippen LogP contribution in [0.2, 0.25) is 5.15 Å². The van der Waals surface area contributed by atoms with Crippen LogP contribution in [-0.4, -0.2) is 43.5 Å². The molecule has 0 radical (unpaired) electrons. The Kier molecular flexibility index (Phi) is 5.31. The molecule has 0 unspecified atom stereocenters. The van der Waals surface area contributed by atoms with Gasteiger partial charge in [0.15, 0.2) is 0 Å². The van der Waals surface area contributed by atoms with E-state index < -0.39 is 21.7 Å².